The lowest BCUT2D eigenvalue weighted by atomic mass is 10.1. The second-order valence-electron chi connectivity index (χ2n) is 2.54. The van der Waals surface area contributed by atoms with Crippen molar-refractivity contribution in [2.75, 3.05) is 6.54 Å². The van der Waals surface area contributed by atoms with Gasteiger partial charge in [0.25, 0.3) is 0 Å². The van der Waals surface area contributed by atoms with Crippen LogP contribution in [0.15, 0.2) is 22.7 Å². The molecule has 0 aliphatic carbocycles. The molecule has 0 atom stereocenters. The van der Waals surface area contributed by atoms with Gasteiger partial charge >= 0.3 is 0 Å². The molecule has 0 radical (unpaired) electrons. The van der Waals surface area contributed by atoms with E-state index in [4.69, 9.17) is 11.6 Å². The standard InChI is InChI=1S/C8H7BrClNO2/c9-8-5-7(10)2-1-6(8)3-4-11(12)13/h1-2,5H,3-4H2. The molecule has 0 saturated heterocycles. The molecule has 0 heterocycles. The minimum Gasteiger partial charge on any atom is -0.265 e. The zero-order valence-electron chi connectivity index (χ0n) is 6.67. The van der Waals surface area contributed by atoms with Gasteiger partial charge in [0, 0.05) is 20.8 Å². The number of nitro groups is 1. The number of rotatable bonds is 3. The van der Waals surface area contributed by atoms with Gasteiger partial charge in [-0.05, 0) is 17.7 Å². The molecule has 1 aromatic carbocycles. The fourth-order valence-electron chi connectivity index (χ4n) is 0.936. The van der Waals surface area contributed by atoms with Crippen molar-refractivity contribution in [2.24, 2.45) is 0 Å². The van der Waals surface area contributed by atoms with Crippen LogP contribution in [-0.2, 0) is 6.42 Å². The van der Waals surface area contributed by atoms with Gasteiger partial charge in [-0.25, -0.2) is 0 Å². The van der Waals surface area contributed by atoms with Crippen molar-refractivity contribution in [1.82, 2.24) is 0 Å². The maximum Gasteiger partial charge on any atom is 0.207 e. The molecule has 0 fully saturated rings. The van der Waals surface area contributed by atoms with Gasteiger partial charge in [0.05, 0.1) is 0 Å². The lowest BCUT2D eigenvalue weighted by molar-refractivity contribution is -0.479. The molecule has 1 rings (SSSR count). The number of halogens is 2. The Bertz CT molecular complexity index is 330. The Labute approximate surface area is 89.0 Å². The van der Waals surface area contributed by atoms with Crippen LogP contribution in [0, 0.1) is 10.1 Å². The lowest BCUT2D eigenvalue weighted by Crippen LogP contribution is -2.04. The molecule has 0 amide bonds. The van der Waals surface area contributed by atoms with Crippen molar-refractivity contribution in [3.63, 3.8) is 0 Å². The van der Waals surface area contributed by atoms with Gasteiger partial charge in [-0.3, -0.25) is 10.1 Å². The molecule has 0 bridgehead atoms. The molecule has 70 valence electrons. The molecule has 0 aromatic heterocycles. The van der Waals surface area contributed by atoms with Crippen molar-refractivity contribution < 1.29 is 4.92 Å². The number of nitrogens with zero attached hydrogens (tertiary/aromatic N) is 1. The maximum absolute atomic E-state index is 10.1. The van der Waals surface area contributed by atoms with Gasteiger partial charge in [-0.15, -0.1) is 0 Å². The zero-order chi connectivity index (χ0) is 9.84. The predicted molar refractivity (Wildman–Crippen MR) is 54.7 cm³/mol. The molecule has 0 N–H and O–H groups in total. The SMILES string of the molecule is O=[N+]([O-])CCc1ccc(Cl)cc1Br. The Balaban J connectivity index is 2.72. The Kier molecular flexibility index (Phi) is 3.69. The summed E-state index contributed by atoms with van der Waals surface area (Å²) in [5.74, 6) is 0. The molecule has 1 aromatic rings. The topological polar surface area (TPSA) is 43.1 Å². The Morgan fingerprint density at radius 2 is 2.23 bits per heavy atom. The number of benzene rings is 1. The Hall–Kier alpha value is -0.610. The predicted octanol–water partition coefficient (Wildman–Crippen LogP) is 2.92. The van der Waals surface area contributed by atoms with Gasteiger partial charge in [-0.2, -0.15) is 0 Å². The Morgan fingerprint density at radius 3 is 2.77 bits per heavy atom. The first kappa shape index (κ1) is 10.5. The monoisotopic (exact) mass is 263 g/mol. The summed E-state index contributed by atoms with van der Waals surface area (Å²) >= 11 is 9.01. The lowest BCUT2D eigenvalue weighted by Gasteiger charge is -2.01. The van der Waals surface area contributed by atoms with Gasteiger partial charge in [0.2, 0.25) is 6.54 Å². The normalized spacial score (nSPS) is 10.0. The molecule has 3 nitrogen and oxygen atoms in total. The molecule has 0 aliphatic heterocycles. The summed E-state index contributed by atoms with van der Waals surface area (Å²) in [6.45, 7) is -0.0553. The molecule has 5 heteroatoms. The van der Waals surface area contributed by atoms with Crippen LogP contribution in [0.1, 0.15) is 5.56 Å². The minimum atomic E-state index is -0.332. The second-order valence-corrected chi connectivity index (χ2v) is 3.83. The average Bonchev–Trinajstić information content (AvgIpc) is 2.02. The van der Waals surface area contributed by atoms with Crippen LogP contribution in [0.5, 0.6) is 0 Å². The molecule has 0 unspecified atom stereocenters. The van der Waals surface area contributed by atoms with Crippen LogP contribution < -0.4 is 0 Å². The third-order valence-corrected chi connectivity index (χ3v) is 2.55. The van der Waals surface area contributed by atoms with Gasteiger partial charge in [0.1, 0.15) is 0 Å². The van der Waals surface area contributed by atoms with Crippen LogP contribution in [-0.4, -0.2) is 11.5 Å². The molecular weight excluding hydrogens is 257 g/mol. The molecule has 13 heavy (non-hydrogen) atoms. The van der Waals surface area contributed by atoms with E-state index in [0.29, 0.717) is 11.4 Å². The van der Waals surface area contributed by atoms with Crippen molar-refractivity contribution in [3.8, 4) is 0 Å². The average molecular weight is 265 g/mol. The van der Waals surface area contributed by atoms with Crippen molar-refractivity contribution >= 4 is 27.5 Å². The van der Waals surface area contributed by atoms with E-state index in [9.17, 15) is 10.1 Å². The summed E-state index contributed by atoms with van der Waals surface area (Å²) in [4.78, 5) is 9.78. The van der Waals surface area contributed by atoms with Crippen molar-refractivity contribution in [1.29, 1.82) is 0 Å². The van der Waals surface area contributed by atoms with E-state index in [1.165, 1.54) is 0 Å². The van der Waals surface area contributed by atoms with Gasteiger partial charge < -0.3 is 0 Å². The summed E-state index contributed by atoms with van der Waals surface area (Å²) in [6.07, 6.45) is 0.421. The van der Waals surface area contributed by atoms with E-state index in [1.807, 2.05) is 0 Å². The summed E-state index contributed by atoms with van der Waals surface area (Å²) in [5, 5.41) is 10.7. The first-order valence-electron chi connectivity index (χ1n) is 3.65. The van der Waals surface area contributed by atoms with Crippen LogP contribution in [0.2, 0.25) is 5.02 Å². The van der Waals surface area contributed by atoms with Gasteiger partial charge in [-0.1, -0.05) is 33.6 Å². The van der Waals surface area contributed by atoms with Crippen molar-refractivity contribution in [2.45, 2.75) is 6.42 Å². The van der Waals surface area contributed by atoms with Crippen LogP contribution in [0.25, 0.3) is 0 Å². The highest BCUT2D eigenvalue weighted by Crippen LogP contribution is 2.21. The van der Waals surface area contributed by atoms with E-state index >= 15 is 0 Å². The summed E-state index contributed by atoms with van der Waals surface area (Å²) in [6, 6.07) is 5.24. The van der Waals surface area contributed by atoms with E-state index in [-0.39, 0.29) is 11.5 Å². The zero-order valence-corrected chi connectivity index (χ0v) is 9.01. The van der Waals surface area contributed by atoms with Crippen LogP contribution >= 0.6 is 27.5 Å². The molecule has 0 spiro atoms. The third kappa shape index (κ3) is 3.32. The van der Waals surface area contributed by atoms with Crippen LogP contribution in [0.4, 0.5) is 0 Å². The van der Waals surface area contributed by atoms with Crippen molar-refractivity contribution in [3.05, 3.63) is 43.4 Å². The molecule has 0 saturated carbocycles. The third-order valence-electron chi connectivity index (χ3n) is 1.58. The van der Waals surface area contributed by atoms with Crippen LogP contribution in [0.3, 0.4) is 0 Å². The summed E-state index contributed by atoms with van der Waals surface area (Å²) < 4.78 is 0.821. The summed E-state index contributed by atoms with van der Waals surface area (Å²) in [5.41, 5.74) is 0.904. The number of hydrogen-bond donors (Lipinski definition) is 0. The highest BCUT2D eigenvalue weighted by atomic mass is 79.9. The fourth-order valence-corrected chi connectivity index (χ4v) is 1.82. The summed E-state index contributed by atoms with van der Waals surface area (Å²) in [7, 11) is 0. The highest BCUT2D eigenvalue weighted by molar-refractivity contribution is 9.10. The molecule has 0 aliphatic rings. The fraction of sp³-hybridized carbons (Fsp3) is 0.250. The largest absolute Gasteiger partial charge is 0.265 e. The quantitative estimate of drug-likeness (QED) is 0.622. The highest BCUT2D eigenvalue weighted by Gasteiger charge is 2.04. The van der Waals surface area contributed by atoms with E-state index in [1.54, 1.807) is 18.2 Å². The maximum atomic E-state index is 10.1. The first-order valence-corrected chi connectivity index (χ1v) is 4.82. The first-order chi connectivity index (χ1) is 6.09. The van der Waals surface area contributed by atoms with E-state index in [0.717, 1.165) is 10.0 Å². The minimum absolute atomic E-state index is 0.0553. The second kappa shape index (κ2) is 4.58. The number of hydrogen-bond acceptors (Lipinski definition) is 2. The molecular formula is C8H7BrClNO2. The van der Waals surface area contributed by atoms with Gasteiger partial charge in [0.15, 0.2) is 0 Å². The van der Waals surface area contributed by atoms with E-state index in [2.05, 4.69) is 15.9 Å². The smallest absolute Gasteiger partial charge is 0.207 e. The Morgan fingerprint density at radius 1 is 1.54 bits per heavy atom. The van der Waals surface area contributed by atoms with E-state index < -0.39 is 0 Å².